The molecule has 3 aliphatic carbocycles. The zero-order valence-electron chi connectivity index (χ0n) is 20.7. The molecule has 0 heterocycles. The minimum atomic E-state index is 0. The van der Waals surface area contributed by atoms with E-state index in [4.69, 9.17) is 0 Å². The Bertz CT molecular complexity index is 1170. The second-order valence-electron chi connectivity index (χ2n) is 11.5. The molecule has 176 valence electrons. The van der Waals surface area contributed by atoms with Gasteiger partial charge in [0, 0.05) is 0 Å². The Kier molecular flexibility index (Phi) is 8.04. The summed E-state index contributed by atoms with van der Waals surface area (Å²) >= 11 is 0. The van der Waals surface area contributed by atoms with Crippen LogP contribution in [0.5, 0.6) is 0 Å². The number of rotatable bonds is 2. The second-order valence-corrected chi connectivity index (χ2v) is 11.5. The molecule has 0 aliphatic heterocycles. The van der Waals surface area contributed by atoms with Gasteiger partial charge in [-0.15, -0.1) is 0 Å². The molecule has 0 saturated heterocycles. The molecular formula is C31H34Cl2Hf. The van der Waals surface area contributed by atoms with E-state index >= 15 is 0 Å². The van der Waals surface area contributed by atoms with Crippen molar-refractivity contribution < 1.29 is 50.7 Å². The quantitative estimate of drug-likeness (QED) is 0.291. The van der Waals surface area contributed by atoms with E-state index in [0.29, 0.717) is 11.3 Å². The third-order valence-electron chi connectivity index (χ3n) is 9.22. The maximum Gasteiger partial charge on any atom is 2.00 e. The Morgan fingerprint density at radius 1 is 0.735 bits per heavy atom. The molecular weight excluding hydrogens is 622 g/mol. The van der Waals surface area contributed by atoms with Crippen molar-refractivity contribution in [2.45, 2.75) is 64.7 Å². The number of hydrogen-bond donors (Lipinski definition) is 0. The van der Waals surface area contributed by atoms with Crippen LogP contribution in [0.15, 0.2) is 66.7 Å². The summed E-state index contributed by atoms with van der Waals surface area (Å²) < 4.78 is 0. The SMILES string of the molecule is Cc1ccc(C2CC3C(C2)C(C)(c2cccc4c2Cc2ccccc2-4)CC3(C)C)cc1.[Cl-].[Cl-].[Hf+2]. The van der Waals surface area contributed by atoms with Crippen molar-refractivity contribution in [3.8, 4) is 11.1 Å². The second kappa shape index (κ2) is 9.87. The maximum absolute atomic E-state index is 2.61. The minimum absolute atomic E-state index is 0. The van der Waals surface area contributed by atoms with Gasteiger partial charge in [-0.25, -0.2) is 0 Å². The predicted octanol–water partition coefficient (Wildman–Crippen LogP) is 2.07. The molecule has 3 heteroatoms. The Balaban J connectivity index is 0.00000108. The molecule has 3 aromatic carbocycles. The van der Waals surface area contributed by atoms with Crippen LogP contribution in [0.25, 0.3) is 11.1 Å². The van der Waals surface area contributed by atoms with E-state index in [9.17, 15) is 0 Å². The van der Waals surface area contributed by atoms with E-state index < -0.39 is 0 Å². The van der Waals surface area contributed by atoms with Crippen molar-refractivity contribution in [2.75, 3.05) is 0 Å². The number of halogens is 2. The molecule has 0 bridgehead atoms. The van der Waals surface area contributed by atoms with Gasteiger partial charge < -0.3 is 24.8 Å². The zero-order chi connectivity index (χ0) is 21.4. The monoisotopic (exact) mass is 656 g/mol. The molecule has 0 radical (unpaired) electrons. The molecule has 2 fully saturated rings. The van der Waals surface area contributed by atoms with Gasteiger partial charge >= 0.3 is 25.8 Å². The van der Waals surface area contributed by atoms with Gasteiger partial charge in [0.15, 0.2) is 0 Å². The Morgan fingerprint density at radius 3 is 2.12 bits per heavy atom. The molecule has 0 spiro atoms. The largest absolute Gasteiger partial charge is 2.00 e. The van der Waals surface area contributed by atoms with E-state index in [-0.39, 0.29) is 56.1 Å². The van der Waals surface area contributed by atoms with Crippen molar-refractivity contribution in [3.05, 3.63) is 94.5 Å². The van der Waals surface area contributed by atoms with Crippen LogP contribution in [0.2, 0.25) is 0 Å². The molecule has 0 N–H and O–H groups in total. The van der Waals surface area contributed by atoms with Gasteiger partial charge in [0.05, 0.1) is 0 Å². The number of hydrogen-bond acceptors (Lipinski definition) is 0. The fourth-order valence-corrected chi connectivity index (χ4v) is 7.91. The normalized spacial score (nSPS) is 27.5. The smallest absolute Gasteiger partial charge is 1.00 e. The number of aryl methyl sites for hydroxylation is 1. The first-order valence-electron chi connectivity index (χ1n) is 12.1. The van der Waals surface area contributed by atoms with Crippen LogP contribution >= 0.6 is 0 Å². The van der Waals surface area contributed by atoms with Crippen LogP contribution in [0.1, 0.15) is 73.8 Å². The zero-order valence-corrected chi connectivity index (χ0v) is 25.8. The van der Waals surface area contributed by atoms with Crippen LogP contribution in [0, 0.1) is 24.2 Å². The molecule has 0 amide bonds. The topological polar surface area (TPSA) is 0 Å². The fraction of sp³-hybridized carbons (Fsp3) is 0.419. The van der Waals surface area contributed by atoms with Crippen LogP contribution in [-0.2, 0) is 37.7 Å². The maximum atomic E-state index is 2.61. The van der Waals surface area contributed by atoms with Gasteiger partial charge in [-0.2, -0.15) is 0 Å². The molecule has 34 heavy (non-hydrogen) atoms. The number of benzene rings is 3. The molecule has 0 nitrogen and oxygen atoms in total. The standard InChI is InChI=1S/C31H34.2ClH.Hf/c1-20-12-14-21(15-13-20)23-17-28-29(18-23)31(4,19-30(28,2)3)27-11-7-10-25-24-9-6-5-8-22(24)16-26(25)27;;;/h5-15,23,28-29H,16-19H2,1-4H3;2*1H;/q;;;+2/p-2. The average Bonchev–Trinajstić information content (AvgIpc) is 3.41. The third kappa shape index (κ3) is 4.18. The molecule has 2 saturated carbocycles. The first-order valence-corrected chi connectivity index (χ1v) is 12.1. The molecule has 3 aliphatic rings. The minimum Gasteiger partial charge on any atom is -1.00 e. The van der Waals surface area contributed by atoms with Crippen molar-refractivity contribution in [1.82, 2.24) is 0 Å². The first kappa shape index (κ1) is 27.7. The first-order chi connectivity index (χ1) is 14.9. The summed E-state index contributed by atoms with van der Waals surface area (Å²) in [5, 5.41) is 0. The van der Waals surface area contributed by atoms with Gasteiger partial charge in [-0.3, -0.25) is 0 Å². The average molecular weight is 656 g/mol. The van der Waals surface area contributed by atoms with E-state index in [1.165, 1.54) is 41.5 Å². The van der Waals surface area contributed by atoms with Crippen LogP contribution in [0.4, 0.5) is 0 Å². The summed E-state index contributed by atoms with van der Waals surface area (Å²) in [5.74, 6) is 2.29. The molecule has 3 aromatic rings. The van der Waals surface area contributed by atoms with Crippen molar-refractivity contribution in [2.24, 2.45) is 17.3 Å². The molecule has 0 aromatic heterocycles. The summed E-state index contributed by atoms with van der Waals surface area (Å²) in [6.07, 6.45) is 5.11. The number of fused-ring (bicyclic) bond motifs is 4. The van der Waals surface area contributed by atoms with E-state index in [0.717, 1.165) is 18.3 Å². The van der Waals surface area contributed by atoms with Gasteiger partial charge in [0.2, 0.25) is 0 Å². The predicted molar refractivity (Wildman–Crippen MR) is 131 cm³/mol. The van der Waals surface area contributed by atoms with E-state index in [1.54, 1.807) is 16.7 Å². The van der Waals surface area contributed by atoms with Gasteiger partial charge in [-0.05, 0) is 94.6 Å². The van der Waals surface area contributed by atoms with E-state index in [2.05, 4.69) is 94.4 Å². The van der Waals surface area contributed by atoms with Gasteiger partial charge in [0.25, 0.3) is 0 Å². The summed E-state index contributed by atoms with van der Waals surface area (Å²) in [4.78, 5) is 0. The van der Waals surface area contributed by atoms with Crippen molar-refractivity contribution >= 4 is 0 Å². The fourth-order valence-electron chi connectivity index (χ4n) is 7.91. The summed E-state index contributed by atoms with van der Waals surface area (Å²) in [7, 11) is 0. The molecule has 6 rings (SSSR count). The Labute approximate surface area is 236 Å². The third-order valence-corrected chi connectivity index (χ3v) is 9.22. The summed E-state index contributed by atoms with van der Waals surface area (Å²) in [6, 6.07) is 25.6. The van der Waals surface area contributed by atoms with Crippen LogP contribution in [-0.4, -0.2) is 0 Å². The summed E-state index contributed by atoms with van der Waals surface area (Å²) in [5.41, 5.74) is 11.3. The summed E-state index contributed by atoms with van der Waals surface area (Å²) in [6.45, 7) is 9.90. The van der Waals surface area contributed by atoms with Crippen molar-refractivity contribution in [3.63, 3.8) is 0 Å². The Hall–Kier alpha value is -0.890. The molecule has 4 atom stereocenters. The Morgan fingerprint density at radius 2 is 1.38 bits per heavy atom. The molecule has 4 unspecified atom stereocenters. The van der Waals surface area contributed by atoms with Gasteiger partial charge in [0.1, 0.15) is 0 Å². The van der Waals surface area contributed by atoms with Crippen LogP contribution < -0.4 is 24.8 Å². The van der Waals surface area contributed by atoms with Crippen molar-refractivity contribution in [1.29, 1.82) is 0 Å². The van der Waals surface area contributed by atoms with Gasteiger partial charge in [-0.1, -0.05) is 93.1 Å². The van der Waals surface area contributed by atoms with Crippen LogP contribution in [0.3, 0.4) is 0 Å². The van der Waals surface area contributed by atoms with E-state index in [1.807, 2.05) is 0 Å².